The first-order valence-corrected chi connectivity index (χ1v) is 5.11. The zero-order valence-electron chi connectivity index (χ0n) is 9.11. The van der Waals surface area contributed by atoms with E-state index in [1.165, 1.54) is 0 Å². The Hall–Kier alpha value is -2.17. The molecule has 0 N–H and O–H groups in total. The van der Waals surface area contributed by atoms with Gasteiger partial charge in [0.2, 0.25) is 5.78 Å². The van der Waals surface area contributed by atoms with Gasteiger partial charge < -0.3 is 0 Å². The molecule has 0 bridgehead atoms. The van der Waals surface area contributed by atoms with Gasteiger partial charge in [-0.1, -0.05) is 30.3 Å². The summed E-state index contributed by atoms with van der Waals surface area (Å²) in [6, 6.07) is 10.2. The van der Waals surface area contributed by atoms with Crippen molar-refractivity contribution < 1.29 is 18.0 Å². The summed E-state index contributed by atoms with van der Waals surface area (Å²) in [4.78, 5) is 15.4. The first kappa shape index (κ1) is 12.3. The molecule has 0 aliphatic rings. The molecule has 2 aromatic rings. The minimum absolute atomic E-state index is 0.00537. The van der Waals surface area contributed by atoms with Crippen LogP contribution in [-0.4, -0.2) is 10.8 Å². The summed E-state index contributed by atoms with van der Waals surface area (Å²) in [5.74, 6) is -0.399. The largest absolute Gasteiger partial charge is 0.417 e. The van der Waals surface area contributed by atoms with Gasteiger partial charge in [0.05, 0.1) is 5.56 Å². The SMILES string of the molecule is O=C(c1ccccc1)c1ccc(C(F)(F)F)cn1. The Bertz CT molecular complexity index is 547. The van der Waals surface area contributed by atoms with Crippen molar-refractivity contribution in [2.24, 2.45) is 0 Å². The van der Waals surface area contributed by atoms with E-state index in [-0.39, 0.29) is 5.69 Å². The molecule has 0 fully saturated rings. The number of hydrogen-bond acceptors (Lipinski definition) is 2. The Kier molecular flexibility index (Phi) is 3.14. The van der Waals surface area contributed by atoms with Gasteiger partial charge in [-0.15, -0.1) is 0 Å². The molecule has 1 heterocycles. The van der Waals surface area contributed by atoms with E-state index in [9.17, 15) is 18.0 Å². The average molecular weight is 251 g/mol. The van der Waals surface area contributed by atoms with Gasteiger partial charge in [-0.05, 0) is 12.1 Å². The number of hydrogen-bond donors (Lipinski definition) is 0. The van der Waals surface area contributed by atoms with Crippen LogP contribution in [0, 0.1) is 0 Å². The van der Waals surface area contributed by atoms with Gasteiger partial charge in [0.15, 0.2) is 0 Å². The predicted molar refractivity (Wildman–Crippen MR) is 59.1 cm³/mol. The molecule has 0 spiro atoms. The standard InChI is InChI=1S/C13H8F3NO/c14-13(15,16)10-6-7-11(17-8-10)12(18)9-4-2-1-3-5-9/h1-8H. The van der Waals surface area contributed by atoms with Gasteiger partial charge in [-0.2, -0.15) is 13.2 Å². The lowest BCUT2D eigenvalue weighted by Gasteiger charge is -2.06. The number of carbonyl (C=O) groups excluding carboxylic acids is 1. The first-order valence-electron chi connectivity index (χ1n) is 5.11. The minimum Gasteiger partial charge on any atom is -0.287 e. The van der Waals surface area contributed by atoms with E-state index in [4.69, 9.17) is 0 Å². The van der Waals surface area contributed by atoms with E-state index in [1.54, 1.807) is 30.3 Å². The van der Waals surface area contributed by atoms with Gasteiger partial charge in [0.1, 0.15) is 5.69 Å². The fraction of sp³-hybridized carbons (Fsp3) is 0.0769. The van der Waals surface area contributed by atoms with Crippen LogP contribution in [0.25, 0.3) is 0 Å². The Morgan fingerprint density at radius 1 is 1.00 bits per heavy atom. The second-order valence-corrected chi connectivity index (χ2v) is 3.63. The number of carbonyl (C=O) groups is 1. The number of ketones is 1. The summed E-state index contributed by atoms with van der Waals surface area (Å²) in [5.41, 5.74) is -0.480. The highest BCUT2D eigenvalue weighted by Crippen LogP contribution is 2.28. The molecule has 2 rings (SSSR count). The zero-order chi connectivity index (χ0) is 13.2. The van der Waals surface area contributed by atoms with Crippen molar-refractivity contribution >= 4 is 5.78 Å². The molecule has 1 aromatic carbocycles. The molecule has 0 aliphatic carbocycles. The molecule has 0 amide bonds. The van der Waals surface area contributed by atoms with Gasteiger partial charge in [0, 0.05) is 11.8 Å². The third-order valence-corrected chi connectivity index (χ3v) is 2.36. The molecule has 0 saturated carbocycles. The minimum atomic E-state index is -4.44. The fourth-order valence-electron chi connectivity index (χ4n) is 1.43. The van der Waals surface area contributed by atoms with Crippen LogP contribution in [-0.2, 0) is 6.18 Å². The van der Waals surface area contributed by atoms with Crippen LogP contribution < -0.4 is 0 Å². The lowest BCUT2D eigenvalue weighted by atomic mass is 10.1. The van der Waals surface area contributed by atoms with Crippen molar-refractivity contribution in [2.45, 2.75) is 6.18 Å². The molecule has 0 saturated heterocycles. The van der Waals surface area contributed by atoms with E-state index in [0.717, 1.165) is 12.1 Å². The highest BCUT2D eigenvalue weighted by Gasteiger charge is 2.30. The monoisotopic (exact) mass is 251 g/mol. The summed E-state index contributed by atoms with van der Waals surface area (Å²) < 4.78 is 37.0. The molecule has 5 heteroatoms. The Morgan fingerprint density at radius 3 is 2.17 bits per heavy atom. The van der Waals surface area contributed by atoms with E-state index in [1.807, 2.05) is 0 Å². The maximum atomic E-state index is 12.3. The molecule has 0 radical (unpaired) electrons. The normalized spacial score (nSPS) is 11.3. The molecular formula is C13H8F3NO. The molecule has 0 unspecified atom stereocenters. The number of alkyl halides is 3. The van der Waals surface area contributed by atoms with E-state index >= 15 is 0 Å². The van der Waals surface area contributed by atoms with Crippen LogP contribution in [0.4, 0.5) is 13.2 Å². The molecule has 1 aromatic heterocycles. The average Bonchev–Trinajstić information content (AvgIpc) is 2.38. The van der Waals surface area contributed by atoms with Gasteiger partial charge in [-0.3, -0.25) is 9.78 Å². The second-order valence-electron chi connectivity index (χ2n) is 3.63. The fourth-order valence-corrected chi connectivity index (χ4v) is 1.43. The molecule has 0 atom stereocenters. The number of pyridine rings is 1. The molecule has 92 valence electrons. The maximum absolute atomic E-state index is 12.3. The lowest BCUT2D eigenvalue weighted by molar-refractivity contribution is -0.137. The van der Waals surface area contributed by atoms with Crippen LogP contribution >= 0.6 is 0 Å². The van der Waals surface area contributed by atoms with Gasteiger partial charge in [-0.25, -0.2) is 0 Å². The summed E-state index contributed by atoms with van der Waals surface area (Å²) in [5, 5.41) is 0. The summed E-state index contributed by atoms with van der Waals surface area (Å²) in [7, 11) is 0. The highest BCUT2D eigenvalue weighted by atomic mass is 19.4. The van der Waals surface area contributed by atoms with Crippen LogP contribution in [0.2, 0.25) is 0 Å². The first-order chi connectivity index (χ1) is 8.48. The predicted octanol–water partition coefficient (Wildman–Crippen LogP) is 3.33. The smallest absolute Gasteiger partial charge is 0.287 e. The third-order valence-electron chi connectivity index (χ3n) is 2.36. The number of rotatable bonds is 2. The molecular weight excluding hydrogens is 243 g/mol. The van der Waals surface area contributed by atoms with Crippen LogP contribution in [0.5, 0.6) is 0 Å². The summed E-state index contributed by atoms with van der Waals surface area (Å²) >= 11 is 0. The van der Waals surface area contributed by atoms with Crippen molar-refractivity contribution in [3.63, 3.8) is 0 Å². The van der Waals surface area contributed by atoms with Crippen molar-refractivity contribution in [3.05, 3.63) is 65.5 Å². The van der Waals surface area contributed by atoms with Crippen molar-refractivity contribution in [2.75, 3.05) is 0 Å². The number of benzene rings is 1. The summed E-state index contributed by atoms with van der Waals surface area (Å²) in [6.07, 6.45) is -3.78. The van der Waals surface area contributed by atoms with Gasteiger partial charge in [0.25, 0.3) is 0 Å². The molecule has 18 heavy (non-hydrogen) atoms. The third kappa shape index (κ3) is 2.56. The second kappa shape index (κ2) is 4.60. The summed E-state index contributed by atoms with van der Waals surface area (Å²) in [6.45, 7) is 0. The van der Waals surface area contributed by atoms with Crippen molar-refractivity contribution in [3.8, 4) is 0 Å². The van der Waals surface area contributed by atoms with E-state index < -0.39 is 17.5 Å². The van der Waals surface area contributed by atoms with E-state index in [2.05, 4.69) is 4.98 Å². The van der Waals surface area contributed by atoms with Crippen molar-refractivity contribution in [1.82, 2.24) is 4.98 Å². The lowest BCUT2D eigenvalue weighted by Crippen LogP contribution is -2.08. The maximum Gasteiger partial charge on any atom is 0.417 e. The van der Waals surface area contributed by atoms with Gasteiger partial charge >= 0.3 is 6.18 Å². The molecule has 0 aliphatic heterocycles. The van der Waals surface area contributed by atoms with Crippen LogP contribution in [0.1, 0.15) is 21.6 Å². The Balaban J connectivity index is 2.28. The quantitative estimate of drug-likeness (QED) is 0.766. The Morgan fingerprint density at radius 2 is 1.67 bits per heavy atom. The topological polar surface area (TPSA) is 30.0 Å². The van der Waals surface area contributed by atoms with Crippen LogP contribution in [0.15, 0.2) is 48.7 Å². The van der Waals surface area contributed by atoms with Crippen LogP contribution in [0.3, 0.4) is 0 Å². The zero-order valence-corrected chi connectivity index (χ0v) is 9.11. The Labute approximate surface area is 101 Å². The molecule has 2 nitrogen and oxygen atoms in total. The highest BCUT2D eigenvalue weighted by molar-refractivity contribution is 6.07. The number of halogens is 3. The number of nitrogens with zero attached hydrogens (tertiary/aromatic N) is 1. The van der Waals surface area contributed by atoms with E-state index in [0.29, 0.717) is 11.8 Å². The van der Waals surface area contributed by atoms with Crippen molar-refractivity contribution in [1.29, 1.82) is 0 Å². The number of aromatic nitrogens is 1.